The van der Waals surface area contributed by atoms with E-state index in [0.717, 1.165) is 51.4 Å². The molecule has 6 heteroatoms. The molecule has 3 N–H and O–H groups in total. The summed E-state index contributed by atoms with van der Waals surface area (Å²) in [5, 5.41) is 23.9. The van der Waals surface area contributed by atoms with Crippen molar-refractivity contribution in [1.82, 2.24) is 5.32 Å². The predicted molar refractivity (Wildman–Crippen MR) is 273 cm³/mol. The lowest BCUT2D eigenvalue weighted by atomic mass is 10.0. The summed E-state index contributed by atoms with van der Waals surface area (Å²) in [6.45, 7) is 6.49. The monoisotopic (exact) mass is 890 g/mol. The Balaban J connectivity index is 4.46. The smallest absolute Gasteiger partial charge is 0.306 e. The number of amides is 1. The van der Waals surface area contributed by atoms with Crippen LogP contribution in [0.5, 0.6) is 0 Å². The van der Waals surface area contributed by atoms with Gasteiger partial charge in [-0.15, -0.1) is 0 Å². The summed E-state index contributed by atoms with van der Waals surface area (Å²) in [7, 11) is 0. The van der Waals surface area contributed by atoms with E-state index in [4.69, 9.17) is 4.74 Å². The van der Waals surface area contributed by atoms with Gasteiger partial charge in [-0.2, -0.15) is 0 Å². The number of esters is 1. The fraction of sp³-hybridized carbons (Fsp3) is 0.930. The molecule has 3 atom stereocenters. The van der Waals surface area contributed by atoms with E-state index in [1.807, 2.05) is 0 Å². The van der Waals surface area contributed by atoms with Crippen LogP contribution >= 0.6 is 0 Å². The fourth-order valence-electron chi connectivity index (χ4n) is 9.00. The second-order valence-electron chi connectivity index (χ2n) is 19.7. The van der Waals surface area contributed by atoms with E-state index in [0.29, 0.717) is 19.3 Å². The molecule has 63 heavy (non-hydrogen) atoms. The van der Waals surface area contributed by atoms with Crippen LogP contribution in [-0.2, 0) is 14.3 Å². The number of allylic oxidation sites excluding steroid dienone is 2. The number of aliphatic hydroxyl groups is 2. The largest absolute Gasteiger partial charge is 0.462 e. The average molecular weight is 891 g/mol. The minimum atomic E-state index is -0.784. The lowest BCUT2D eigenvalue weighted by molar-refractivity contribution is -0.151. The number of hydrogen-bond donors (Lipinski definition) is 3. The Kier molecular flexibility index (Phi) is 50.4. The molecule has 0 aliphatic carbocycles. The highest BCUT2D eigenvalue weighted by atomic mass is 16.5. The normalized spacial score (nSPS) is 13.2. The van der Waals surface area contributed by atoms with E-state index >= 15 is 0 Å². The third kappa shape index (κ3) is 46.9. The van der Waals surface area contributed by atoms with Gasteiger partial charge in [-0.1, -0.05) is 270 Å². The Morgan fingerprint density at radius 3 is 1.17 bits per heavy atom. The van der Waals surface area contributed by atoms with Crippen molar-refractivity contribution in [1.29, 1.82) is 0 Å². The van der Waals surface area contributed by atoms with Crippen LogP contribution in [0.2, 0.25) is 0 Å². The van der Waals surface area contributed by atoms with Gasteiger partial charge in [0, 0.05) is 6.42 Å². The summed E-state index contributed by atoms with van der Waals surface area (Å²) in [5.41, 5.74) is 0. The standard InChI is InChI=1S/C57H111NO5/c1-4-7-10-13-16-19-22-24-26-28-30-32-35-37-40-43-46-49-55(60)54(52-59)58-56(61)51-53(63-57(62)50-47-44-41-38-33-21-18-15-12-9-6-3)48-45-42-39-36-34-31-29-27-25-23-20-17-14-11-8-5-2/h15,18,53-55,59-60H,4-14,16-17,19-52H2,1-3H3,(H,58,61)/b18-15-. The zero-order chi connectivity index (χ0) is 45.9. The number of nitrogens with one attached hydrogen (secondary N) is 1. The van der Waals surface area contributed by atoms with Crippen molar-refractivity contribution >= 4 is 11.9 Å². The average Bonchev–Trinajstić information content (AvgIpc) is 3.28. The molecular formula is C57H111NO5. The Labute approximate surface area is 393 Å². The topological polar surface area (TPSA) is 95.9 Å². The summed E-state index contributed by atoms with van der Waals surface area (Å²) in [5.74, 6) is -0.464. The molecular weight excluding hydrogens is 779 g/mol. The summed E-state index contributed by atoms with van der Waals surface area (Å²) >= 11 is 0. The maximum absolute atomic E-state index is 13.2. The van der Waals surface area contributed by atoms with Gasteiger partial charge >= 0.3 is 5.97 Å². The van der Waals surface area contributed by atoms with Crippen molar-refractivity contribution in [3.05, 3.63) is 12.2 Å². The maximum atomic E-state index is 13.2. The van der Waals surface area contributed by atoms with Gasteiger partial charge in [0.2, 0.25) is 5.91 Å². The zero-order valence-corrected chi connectivity index (χ0v) is 42.7. The number of carbonyl (C=O) groups is 2. The lowest BCUT2D eigenvalue weighted by Crippen LogP contribution is -2.46. The quantitative estimate of drug-likeness (QED) is 0.0321. The fourth-order valence-corrected chi connectivity index (χ4v) is 9.00. The van der Waals surface area contributed by atoms with Gasteiger partial charge in [0.15, 0.2) is 0 Å². The molecule has 0 spiro atoms. The van der Waals surface area contributed by atoms with Gasteiger partial charge in [-0.05, 0) is 44.9 Å². The van der Waals surface area contributed by atoms with Gasteiger partial charge in [0.05, 0.1) is 25.2 Å². The molecule has 0 saturated heterocycles. The first-order chi connectivity index (χ1) is 31.0. The van der Waals surface area contributed by atoms with Crippen LogP contribution in [0, 0.1) is 0 Å². The van der Waals surface area contributed by atoms with Gasteiger partial charge in [0.1, 0.15) is 6.10 Å². The first-order valence-electron chi connectivity index (χ1n) is 28.4. The molecule has 0 bridgehead atoms. The van der Waals surface area contributed by atoms with Gasteiger partial charge in [-0.3, -0.25) is 9.59 Å². The summed E-state index contributed by atoms with van der Waals surface area (Å²) in [6, 6.07) is -0.697. The Morgan fingerprint density at radius 2 is 0.778 bits per heavy atom. The highest BCUT2D eigenvalue weighted by Gasteiger charge is 2.24. The van der Waals surface area contributed by atoms with Crippen LogP contribution in [-0.4, -0.2) is 46.9 Å². The van der Waals surface area contributed by atoms with E-state index in [9.17, 15) is 19.8 Å². The molecule has 0 aliphatic rings. The van der Waals surface area contributed by atoms with Crippen LogP contribution in [0.3, 0.4) is 0 Å². The first kappa shape index (κ1) is 61.6. The number of unbranched alkanes of at least 4 members (excludes halogenated alkanes) is 38. The van der Waals surface area contributed by atoms with E-state index in [-0.39, 0.29) is 24.9 Å². The maximum Gasteiger partial charge on any atom is 0.306 e. The van der Waals surface area contributed by atoms with E-state index in [2.05, 4.69) is 38.2 Å². The van der Waals surface area contributed by atoms with Crippen molar-refractivity contribution in [2.24, 2.45) is 0 Å². The number of rotatable bonds is 52. The SMILES string of the molecule is CCCC/C=C\CCCCCCCC(=O)OC(CCCCCCCCCCCCCCCCCC)CC(=O)NC(CO)C(O)CCCCCCCCCCCCCCCCCCC. The molecule has 0 aromatic carbocycles. The molecule has 0 radical (unpaired) electrons. The molecule has 0 rings (SSSR count). The number of aliphatic hydroxyl groups excluding tert-OH is 2. The highest BCUT2D eigenvalue weighted by Crippen LogP contribution is 2.19. The number of ether oxygens (including phenoxy) is 1. The molecule has 0 fully saturated rings. The minimum absolute atomic E-state index is 0.0819. The molecule has 0 heterocycles. The molecule has 6 nitrogen and oxygen atoms in total. The third-order valence-electron chi connectivity index (χ3n) is 13.3. The summed E-state index contributed by atoms with van der Waals surface area (Å²) in [4.78, 5) is 26.2. The van der Waals surface area contributed by atoms with E-state index < -0.39 is 18.2 Å². The Morgan fingerprint density at radius 1 is 0.444 bits per heavy atom. The van der Waals surface area contributed by atoms with Crippen LogP contribution < -0.4 is 5.32 Å². The predicted octanol–water partition coefficient (Wildman–Crippen LogP) is 17.3. The van der Waals surface area contributed by atoms with Crippen molar-refractivity contribution in [3.63, 3.8) is 0 Å². The second kappa shape index (κ2) is 51.6. The molecule has 0 aromatic rings. The van der Waals surface area contributed by atoms with Crippen LogP contribution in [0.4, 0.5) is 0 Å². The molecule has 1 amide bonds. The van der Waals surface area contributed by atoms with Crippen molar-refractivity contribution in [2.75, 3.05) is 6.61 Å². The minimum Gasteiger partial charge on any atom is -0.462 e. The summed E-state index contributed by atoms with van der Waals surface area (Å²) < 4.78 is 5.95. The summed E-state index contributed by atoms with van der Waals surface area (Å²) in [6.07, 6.45) is 58.5. The van der Waals surface area contributed by atoms with Gasteiger partial charge in [0.25, 0.3) is 0 Å². The molecule has 0 saturated carbocycles. The van der Waals surface area contributed by atoms with Crippen molar-refractivity contribution < 1.29 is 24.5 Å². The lowest BCUT2D eigenvalue weighted by Gasteiger charge is -2.24. The second-order valence-corrected chi connectivity index (χ2v) is 19.7. The van der Waals surface area contributed by atoms with Crippen LogP contribution in [0.15, 0.2) is 12.2 Å². The first-order valence-corrected chi connectivity index (χ1v) is 28.4. The van der Waals surface area contributed by atoms with Gasteiger partial charge in [-0.25, -0.2) is 0 Å². The van der Waals surface area contributed by atoms with Crippen LogP contribution in [0.25, 0.3) is 0 Å². The Bertz CT molecular complexity index is 955. The number of hydrogen-bond acceptors (Lipinski definition) is 5. The van der Waals surface area contributed by atoms with Crippen LogP contribution in [0.1, 0.15) is 316 Å². The molecule has 0 aliphatic heterocycles. The van der Waals surface area contributed by atoms with E-state index in [1.54, 1.807) is 0 Å². The van der Waals surface area contributed by atoms with Gasteiger partial charge < -0.3 is 20.3 Å². The Hall–Kier alpha value is -1.40. The molecule has 3 unspecified atom stereocenters. The highest BCUT2D eigenvalue weighted by molar-refractivity contribution is 5.77. The van der Waals surface area contributed by atoms with Crippen molar-refractivity contribution in [2.45, 2.75) is 334 Å². The number of carbonyl (C=O) groups excluding carboxylic acids is 2. The zero-order valence-electron chi connectivity index (χ0n) is 42.7. The van der Waals surface area contributed by atoms with Crippen molar-refractivity contribution in [3.8, 4) is 0 Å². The van der Waals surface area contributed by atoms with E-state index in [1.165, 1.54) is 218 Å². The molecule has 0 aromatic heterocycles. The third-order valence-corrected chi connectivity index (χ3v) is 13.3. The molecule has 374 valence electrons.